The molecule has 116 valence electrons. The van der Waals surface area contributed by atoms with Gasteiger partial charge in [-0.1, -0.05) is 38.5 Å². The van der Waals surface area contributed by atoms with Crippen molar-refractivity contribution in [3.8, 4) is 0 Å². The maximum atomic E-state index is 13.0. The van der Waals surface area contributed by atoms with Crippen molar-refractivity contribution >= 4 is 27.3 Å². The van der Waals surface area contributed by atoms with Gasteiger partial charge in [0, 0.05) is 17.3 Å². The van der Waals surface area contributed by atoms with Gasteiger partial charge in [-0.05, 0) is 48.1 Å². The van der Waals surface area contributed by atoms with Crippen LogP contribution in [0, 0.1) is 17.8 Å². The summed E-state index contributed by atoms with van der Waals surface area (Å²) in [5.74, 6) is 2.45. The van der Waals surface area contributed by atoms with Crippen molar-refractivity contribution in [3.05, 3.63) is 35.2 Å². The van der Waals surface area contributed by atoms with E-state index in [0.717, 1.165) is 17.3 Å². The molecule has 0 N–H and O–H groups in total. The molecule has 1 aromatic heterocycles. The van der Waals surface area contributed by atoms with Crippen LogP contribution in [0.15, 0.2) is 30.3 Å². The summed E-state index contributed by atoms with van der Waals surface area (Å²) in [7, 11) is 0. The SMILES string of the molecule is CC[C@@H]1C[C@H]2CN(C(=O)c3cc4ccccc4s3)[C@@H](C1)C2C. The number of carbonyl (C=O) groups is 1. The molecule has 22 heavy (non-hydrogen) atoms. The number of carbonyl (C=O) groups excluding carboxylic acids is 1. The molecule has 4 atom stereocenters. The van der Waals surface area contributed by atoms with Crippen molar-refractivity contribution in [2.45, 2.75) is 39.2 Å². The van der Waals surface area contributed by atoms with Gasteiger partial charge in [0.25, 0.3) is 5.91 Å². The minimum Gasteiger partial charge on any atom is -0.334 e. The lowest BCUT2D eigenvalue weighted by Crippen LogP contribution is -2.38. The lowest BCUT2D eigenvalue weighted by Gasteiger charge is -2.33. The molecule has 1 amide bonds. The van der Waals surface area contributed by atoms with E-state index in [1.165, 1.54) is 29.3 Å². The maximum absolute atomic E-state index is 13.0. The van der Waals surface area contributed by atoms with Gasteiger partial charge < -0.3 is 4.90 Å². The van der Waals surface area contributed by atoms with Gasteiger partial charge >= 0.3 is 0 Å². The second-order valence-electron chi connectivity index (χ2n) is 7.04. The minimum absolute atomic E-state index is 0.261. The van der Waals surface area contributed by atoms with E-state index in [1.807, 2.05) is 12.1 Å². The number of rotatable bonds is 2. The first kappa shape index (κ1) is 14.3. The summed E-state index contributed by atoms with van der Waals surface area (Å²) in [5.41, 5.74) is 0. The number of hydrogen-bond donors (Lipinski definition) is 0. The standard InChI is InChI=1S/C19H23NOS/c1-3-13-8-15-11-20(16(9-13)12(15)2)19(21)18-10-14-6-4-5-7-17(14)22-18/h4-7,10,12-13,15-16H,3,8-9,11H2,1-2H3/t12?,13-,15+,16+/m1/s1. The van der Waals surface area contributed by atoms with Gasteiger partial charge in [0.2, 0.25) is 0 Å². The third-order valence-corrected chi connectivity index (χ3v) is 6.97. The molecule has 1 aromatic carbocycles. The van der Waals surface area contributed by atoms with Crippen molar-refractivity contribution in [1.29, 1.82) is 0 Å². The Labute approximate surface area is 136 Å². The van der Waals surface area contributed by atoms with Crippen LogP contribution in [0.5, 0.6) is 0 Å². The van der Waals surface area contributed by atoms with Crippen molar-refractivity contribution < 1.29 is 4.79 Å². The molecule has 0 radical (unpaired) electrons. The van der Waals surface area contributed by atoms with E-state index in [0.29, 0.717) is 17.9 Å². The molecular weight excluding hydrogens is 290 g/mol. The average Bonchev–Trinajstić information content (AvgIpc) is 3.02. The predicted octanol–water partition coefficient (Wildman–Crippen LogP) is 4.80. The molecule has 3 heteroatoms. The molecule has 2 nitrogen and oxygen atoms in total. The van der Waals surface area contributed by atoms with E-state index in [9.17, 15) is 4.79 Å². The lowest BCUT2D eigenvalue weighted by molar-refractivity contribution is 0.0703. The van der Waals surface area contributed by atoms with Gasteiger partial charge in [-0.25, -0.2) is 0 Å². The molecule has 1 aliphatic carbocycles. The Morgan fingerprint density at radius 3 is 2.91 bits per heavy atom. The van der Waals surface area contributed by atoms with E-state index in [-0.39, 0.29) is 5.91 Å². The van der Waals surface area contributed by atoms with E-state index in [1.54, 1.807) is 11.3 Å². The Bertz CT molecular complexity index is 673. The Morgan fingerprint density at radius 1 is 1.32 bits per heavy atom. The van der Waals surface area contributed by atoms with Crippen LogP contribution in [0.4, 0.5) is 0 Å². The molecule has 1 aliphatic heterocycles. The van der Waals surface area contributed by atoms with Crippen molar-refractivity contribution in [3.63, 3.8) is 0 Å². The topological polar surface area (TPSA) is 20.3 Å². The van der Waals surface area contributed by atoms with E-state index in [4.69, 9.17) is 0 Å². The predicted molar refractivity (Wildman–Crippen MR) is 92.3 cm³/mol. The average molecular weight is 313 g/mol. The highest BCUT2D eigenvalue weighted by Gasteiger charge is 2.46. The quantitative estimate of drug-likeness (QED) is 0.780. The van der Waals surface area contributed by atoms with Crippen molar-refractivity contribution in [2.75, 3.05) is 6.54 Å². The molecular formula is C19H23NOS. The second-order valence-corrected chi connectivity index (χ2v) is 8.12. The van der Waals surface area contributed by atoms with Crippen LogP contribution < -0.4 is 0 Å². The number of hydrogen-bond acceptors (Lipinski definition) is 2. The maximum Gasteiger partial charge on any atom is 0.264 e. The molecule has 1 saturated carbocycles. The van der Waals surface area contributed by atoms with E-state index in [2.05, 4.69) is 36.9 Å². The van der Waals surface area contributed by atoms with Crippen LogP contribution in [-0.4, -0.2) is 23.4 Å². The summed E-state index contributed by atoms with van der Waals surface area (Å²) in [6.07, 6.45) is 3.76. The van der Waals surface area contributed by atoms with Gasteiger partial charge in [-0.15, -0.1) is 11.3 Å². The number of thiophene rings is 1. The molecule has 2 fully saturated rings. The molecule has 4 rings (SSSR count). The number of benzene rings is 1. The summed E-state index contributed by atoms with van der Waals surface area (Å²) >= 11 is 1.64. The smallest absolute Gasteiger partial charge is 0.264 e. The van der Waals surface area contributed by atoms with Crippen LogP contribution in [-0.2, 0) is 0 Å². The Balaban J connectivity index is 1.63. The first-order valence-electron chi connectivity index (χ1n) is 8.47. The first-order valence-corrected chi connectivity index (χ1v) is 9.28. The van der Waals surface area contributed by atoms with E-state index >= 15 is 0 Å². The fourth-order valence-electron chi connectivity index (χ4n) is 4.44. The summed E-state index contributed by atoms with van der Waals surface area (Å²) in [4.78, 5) is 16.1. The Morgan fingerprint density at radius 2 is 2.14 bits per heavy atom. The molecule has 1 saturated heterocycles. The molecule has 2 bridgehead atoms. The fraction of sp³-hybridized carbons (Fsp3) is 0.526. The number of likely N-dealkylation sites (tertiary alicyclic amines) is 1. The summed E-state index contributed by atoms with van der Waals surface area (Å²) < 4.78 is 1.22. The largest absolute Gasteiger partial charge is 0.334 e. The number of nitrogens with zero attached hydrogens (tertiary/aromatic N) is 1. The third-order valence-electron chi connectivity index (χ3n) is 5.87. The fourth-order valence-corrected chi connectivity index (χ4v) is 5.46. The summed E-state index contributed by atoms with van der Waals surface area (Å²) in [6.45, 7) is 5.60. The van der Waals surface area contributed by atoms with Gasteiger partial charge in [0.1, 0.15) is 0 Å². The van der Waals surface area contributed by atoms with Gasteiger partial charge in [0.05, 0.1) is 4.88 Å². The van der Waals surface area contributed by atoms with Crippen LogP contribution in [0.2, 0.25) is 0 Å². The number of amides is 1. The highest BCUT2D eigenvalue weighted by atomic mass is 32.1. The molecule has 2 aromatic rings. The van der Waals surface area contributed by atoms with Crippen LogP contribution in [0.1, 0.15) is 42.8 Å². The normalized spacial score (nSPS) is 30.9. The Hall–Kier alpha value is -1.35. The number of fused-ring (bicyclic) bond motifs is 3. The second kappa shape index (κ2) is 5.38. The zero-order valence-corrected chi connectivity index (χ0v) is 14.1. The molecule has 2 aliphatic rings. The Kier molecular flexibility index (Phi) is 3.48. The first-order chi connectivity index (χ1) is 10.7. The zero-order valence-electron chi connectivity index (χ0n) is 13.3. The zero-order chi connectivity index (χ0) is 15.3. The summed E-state index contributed by atoms with van der Waals surface area (Å²) in [6, 6.07) is 10.8. The van der Waals surface area contributed by atoms with Crippen molar-refractivity contribution in [1.82, 2.24) is 4.90 Å². The monoisotopic (exact) mass is 313 g/mol. The van der Waals surface area contributed by atoms with Gasteiger partial charge in [-0.3, -0.25) is 4.79 Å². The van der Waals surface area contributed by atoms with Crippen LogP contribution >= 0.6 is 11.3 Å². The van der Waals surface area contributed by atoms with Crippen LogP contribution in [0.3, 0.4) is 0 Å². The highest BCUT2D eigenvalue weighted by Crippen LogP contribution is 2.44. The lowest BCUT2D eigenvalue weighted by atomic mass is 9.74. The molecule has 2 heterocycles. The molecule has 1 unspecified atom stereocenters. The minimum atomic E-state index is 0.261. The molecule has 0 spiro atoms. The van der Waals surface area contributed by atoms with Gasteiger partial charge in [-0.2, -0.15) is 0 Å². The third kappa shape index (κ3) is 2.18. The van der Waals surface area contributed by atoms with Gasteiger partial charge in [0.15, 0.2) is 0 Å². The summed E-state index contributed by atoms with van der Waals surface area (Å²) in [5, 5.41) is 1.19. The highest BCUT2D eigenvalue weighted by molar-refractivity contribution is 7.20. The van der Waals surface area contributed by atoms with E-state index < -0.39 is 0 Å². The van der Waals surface area contributed by atoms with Crippen molar-refractivity contribution in [2.24, 2.45) is 17.8 Å². The van der Waals surface area contributed by atoms with Crippen LogP contribution in [0.25, 0.3) is 10.1 Å².